The first-order valence-electron chi connectivity index (χ1n) is 6.91. The molecule has 1 aliphatic heterocycles. The van der Waals surface area contributed by atoms with Crippen molar-refractivity contribution < 1.29 is 9.13 Å². The van der Waals surface area contributed by atoms with E-state index in [-0.39, 0.29) is 11.9 Å². The average molecular weight is 327 g/mol. The first-order chi connectivity index (χ1) is 10.3. The Hall–Kier alpha value is -1.17. The zero-order valence-corrected chi connectivity index (χ0v) is 13.0. The fraction of sp³-hybridized carbons (Fsp3) is 0.400. The third-order valence-electron chi connectivity index (χ3n) is 3.48. The average Bonchev–Trinajstić information content (AvgIpc) is 3.13. The van der Waals surface area contributed by atoms with Crippen molar-refractivity contribution in [2.45, 2.75) is 31.4 Å². The Morgan fingerprint density at radius 1 is 1.38 bits per heavy atom. The lowest BCUT2D eigenvalue weighted by Gasteiger charge is -2.12. The number of nitrogens with zero attached hydrogens (tertiary/aromatic N) is 2. The number of halogens is 2. The summed E-state index contributed by atoms with van der Waals surface area (Å²) < 4.78 is 20.8. The van der Waals surface area contributed by atoms with Crippen LogP contribution in [0.15, 0.2) is 34.6 Å². The van der Waals surface area contributed by atoms with E-state index in [4.69, 9.17) is 16.3 Å². The molecule has 0 unspecified atom stereocenters. The molecule has 21 heavy (non-hydrogen) atoms. The van der Waals surface area contributed by atoms with Crippen LogP contribution in [-0.2, 0) is 17.2 Å². The van der Waals surface area contributed by atoms with E-state index in [1.54, 1.807) is 23.5 Å². The quantitative estimate of drug-likeness (QED) is 0.784. The molecule has 0 saturated carbocycles. The maximum Gasteiger partial charge on any atom is 0.190 e. The third-order valence-corrected chi connectivity index (χ3v) is 4.66. The summed E-state index contributed by atoms with van der Waals surface area (Å²) in [7, 11) is 0. The Balaban J connectivity index is 1.93. The molecular formula is C15H16ClFN2OS. The summed E-state index contributed by atoms with van der Waals surface area (Å²) in [5, 5.41) is 2.02. The molecular weight excluding hydrogens is 311 g/mol. The van der Waals surface area contributed by atoms with E-state index in [0.717, 1.165) is 42.2 Å². The molecule has 6 heteroatoms. The van der Waals surface area contributed by atoms with Gasteiger partial charge in [-0.15, -0.1) is 22.9 Å². The summed E-state index contributed by atoms with van der Waals surface area (Å²) in [6.07, 6.45) is 2.41. The monoisotopic (exact) mass is 326 g/mol. The van der Waals surface area contributed by atoms with Gasteiger partial charge < -0.3 is 9.30 Å². The molecule has 3 nitrogen and oxygen atoms in total. The van der Waals surface area contributed by atoms with Crippen molar-refractivity contribution in [3.8, 4) is 0 Å². The molecule has 0 aliphatic carbocycles. The normalized spacial score (nSPS) is 19.3. The first kappa shape index (κ1) is 14.8. The number of benzene rings is 1. The Morgan fingerprint density at radius 2 is 2.19 bits per heavy atom. The van der Waals surface area contributed by atoms with Crippen LogP contribution in [0.2, 0.25) is 0 Å². The maximum atomic E-state index is 13.0. The second kappa shape index (κ2) is 6.73. The van der Waals surface area contributed by atoms with Crippen LogP contribution in [0.4, 0.5) is 10.1 Å². The molecule has 1 saturated heterocycles. The fourth-order valence-corrected chi connectivity index (χ4v) is 3.62. The van der Waals surface area contributed by atoms with E-state index in [0.29, 0.717) is 5.88 Å². The van der Waals surface area contributed by atoms with Gasteiger partial charge in [-0.05, 0) is 37.1 Å². The molecule has 2 aromatic rings. The van der Waals surface area contributed by atoms with E-state index in [9.17, 15) is 4.39 Å². The molecule has 1 atom stereocenters. The van der Waals surface area contributed by atoms with Gasteiger partial charge in [0, 0.05) is 17.7 Å². The zero-order valence-electron chi connectivity index (χ0n) is 11.5. The standard InChI is InChI=1S/C15H16ClFN2OS/c16-8-13-10-21-15(18-12-5-3-11(17)4-6-12)19(13)9-14-2-1-7-20-14/h3-6,10,14H,1-2,7-9H2/t14-/m1/s1. The summed E-state index contributed by atoms with van der Waals surface area (Å²) in [6, 6.07) is 6.18. The van der Waals surface area contributed by atoms with E-state index < -0.39 is 0 Å². The van der Waals surface area contributed by atoms with E-state index in [2.05, 4.69) is 9.56 Å². The summed E-state index contributed by atoms with van der Waals surface area (Å²) in [5.74, 6) is 0.191. The predicted molar refractivity (Wildman–Crippen MR) is 82.5 cm³/mol. The molecule has 1 aromatic carbocycles. The molecule has 1 aromatic heterocycles. The van der Waals surface area contributed by atoms with Gasteiger partial charge in [0.05, 0.1) is 24.2 Å². The minimum atomic E-state index is -0.256. The van der Waals surface area contributed by atoms with E-state index >= 15 is 0 Å². The zero-order chi connectivity index (χ0) is 14.7. The van der Waals surface area contributed by atoms with Crippen molar-refractivity contribution in [1.82, 2.24) is 4.57 Å². The summed E-state index contributed by atoms with van der Waals surface area (Å²) in [4.78, 5) is 5.46. The lowest BCUT2D eigenvalue weighted by Crippen LogP contribution is -2.24. The summed E-state index contributed by atoms with van der Waals surface area (Å²) in [5.41, 5.74) is 1.78. The minimum Gasteiger partial charge on any atom is -0.376 e. The lowest BCUT2D eigenvalue weighted by molar-refractivity contribution is 0.0959. The second-order valence-electron chi connectivity index (χ2n) is 4.98. The van der Waals surface area contributed by atoms with Crippen LogP contribution in [0.1, 0.15) is 18.5 Å². The van der Waals surface area contributed by atoms with Gasteiger partial charge in [-0.1, -0.05) is 0 Å². The minimum absolute atomic E-state index is 0.230. The van der Waals surface area contributed by atoms with Gasteiger partial charge in [-0.2, -0.15) is 0 Å². The van der Waals surface area contributed by atoms with Gasteiger partial charge >= 0.3 is 0 Å². The number of hydrogen-bond acceptors (Lipinski definition) is 3. The smallest absolute Gasteiger partial charge is 0.190 e. The Kier molecular flexibility index (Phi) is 4.73. The highest BCUT2D eigenvalue weighted by atomic mass is 35.5. The van der Waals surface area contributed by atoms with Gasteiger partial charge in [0.25, 0.3) is 0 Å². The largest absolute Gasteiger partial charge is 0.376 e. The van der Waals surface area contributed by atoms with Gasteiger partial charge in [0.15, 0.2) is 4.80 Å². The van der Waals surface area contributed by atoms with Crippen LogP contribution in [0.5, 0.6) is 0 Å². The van der Waals surface area contributed by atoms with Crippen molar-refractivity contribution in [3.63, 3.8) is 0 Å². The van der Waals surface area contributed by atoms with Crippen molar-refractivity contribution in [3.05, 3.63) is 46.0 Å². The molecule has 0 spiro atoms. The topological polar surface area (TPSA) is 26.5 Å². The van der Waals surface area contributed by atoms with Crippen molar-refractivity contribution in [1.29, 1.82) is 0 Å². The lowest BCUT2D eigenvalue weighted by atomic mass is 10.2. The molecule has 3 rings (SSSR count). The molecule has 2 heterocycles. The number of thiazole rings is 1. The summed E-state index contributed by atoms with van der Waals surface area (Å²) in [6.45, 7) is 1.60. The van der Waals surface area contributed by atoms with Gasteiger partial charge in [0.1, 0.15) is 5.82 Å². The van der Waals surface area contributed by atoms with E-state index in [1.165, 1.54) is 12.1 Å². The molecule has 112 valence electrons. The molecule has 0 N–H and O–H groups in total. The third kappa shape index (κ3) is 3.54. The second-order valence-corrected chi connectivity index (χ2v) is 6.08. The van der Waals surface area contributed by atoms with Gasteiger partial charge in [-0.3, -0.25) is 0 Å². The number of aromatic nitrogens is 1. The number of ether oxygens (including phenoxy) is 1. The first-order valence-corrected chi connectivity index (χ1v) is 8.33. The highest BCUT2D eigenvalue weighted by molar-refractivity contribution is 7.07. The summed E-state index contributed by atoms with van der Waals surface area (Å²) >= 11 is 7.55. The van der Waals surface area contributed by atoms with Crippen molar-refractivity contribution in [2.24, 2.45) is 4.99 Å². The Morgan fingerprint density at radius 3 is 2.86 bits per heavy atom. The maximum absolute atomic E-state index is 13.0. The van der Waals surface area contributed by atoms with Gasteiger partial charge in [0.2, 0.25) is 0 Å². The van der Waals surface area contributed by atoms with Crippen LogP contribution < -0.4 is 4.80 Å². The molecule has 0 amide bonds. The molecule has 1 fully saturated rings. The predicted octanol–water partition coefficient (Wildman–Crippen LogP) is 3.84. The van der Waals surface area contributed by atoms with Crippen LogP contribution in [-0.4, -0.2) is 17.3 Å². The SMILES string of the molecule is Fc1ccc(N=c2scc(CCl)n2C[C@H]2CCCO2)cc1. The Labute approximate surface area is 131 Å². The number of rotatable bonds is 4. The van der Waals surface area contributed by atoms with Crippen molar-refractivity contribution >= 4 is 28.6 Å². The highest BCUT2D eigenvalue weighted by Crippen LogP contribution is 2.17. The van der Waals surface area contributed by atoms with Crippen LogP contribution in [0.25, 0.3) is 0 Å². The van der Waals surface area contributed by atoms with Crippen molar-refractivity contribution in [2.75, 3.05) is 6.61 Å². The van der Waals surface area contributed by atoms with E-state index in [1.807, 2.05) is 5.38 Å². The number of hydrogen-bond donors (Lipinski definition) is 0. The molecule has 0 bridgehead atoms. The van der Waals surface area contributed by atoms with Crippen LogP contribution in [0.3, 0.4) is 0 Å². The highest BCUT2D eigenvalue weighted by Gasteiger charge is 2.18. The number of alkyl halides is 1. The molecule has 1 aliphatic rings. The van der Waals surface area contributed by atoms with Crippen LogP contribution >= 0.6 is 22.9 Å². The fourth-order valence-electron chi connectivity index (χ4n) is 2.37. The van der Waals surface area contributed by atoms with Crippen LogP contribution in [0, 0.1) is 5.82 Å². The molecule has 0 radical (unpaired) electrons. The Bertz CT molecular complexity index is 659. The van der Waals surface area contributed by atoms with Gasteiger partial charge in [-0.25, -0.2) is 9.38 Å².